The third-order valence-corrected chi connectivity index (χ3v) is 8.21. The molecule has 0 radical (unpaired) electrons. The summed E-state index contributed by atoms with van der Waals surface area (Å²) >= 11 is 0. The van der Waals surface area contributed by atoms with Crippen molar-refractivity contribution in [2.45, 2.75) is 103 Å². The standard InChI is InChI=1S/C32H44/c1-3-4-5-6-7-8-26-11-15-28(16-12-26)30-19-23-32(24-20-30)31-21-17-29(18-22-31)27-13-9-25(2)10-14-27/h13,17-26,28H,3-12,14-16H2,1-2H3/t25?,26-,28-. The first-order chi connectivity index (χ1) is 15.7. The number of hydrogen-bond donors (Lipinski definition) is 0. The van der Waals surface area contributed by atoms with E-state index in [1.54, 1.807) is 11.1 Å². The van der Waals surface area contributed by atoms with E-state index in [9.17, 15) is 0 Å². The van der Waals surface area contributed by atoms with Gasteiger partial charge >= 0.3 is 0 Å². The molecule has 2 aromatic carbocycles. The Bertz CT molecular complexity index is 831. The van der Waals surface area contributed by atoms with Crippen LogP contribution in [0.2, 0.25) is 0 Å². The first-order valence-electron chi connectivity index (χ1n) is 13.6. The summed E-state index contributed by atoms with van der Waals surface area (Å²) in [5, 5.41) is 0. The third kappa shape index (κ3) is 6.37. The van der Waals surface area contributed by atoms with Crippen LogP contribution in [0.4, 0.5) is 0 Å². The number of rotatable bonds is 9. The highest BCUT2D eigenvalue weighted by Crippen LogP contribution is 2.38. The molecule has 2 aromatic rings. The highest BCUT2D eigenvalue weighted by molar-refractivity contribution is 5.71. The lowest BCUT2D eigenvalue weighted by atomic mass is 9.77. The second kappa shape index (κ2) is 11.9. The van der Waals surface area contributed by atoms with Crippen molar-refractivity contribution in [3.63, 3.8) is 0 Å². The smallest absolute Gasteiger partial charge is 0.0162 e. The molecular formula is C32H44. The van der Waals surface area contributed by atoms with Crippen LogP contribution in [0.5, 0.6) is 0 Å². The van der Waals surface area contributed by atoms with E-state index in [1.165, 1.54) is 100 Å². The molecule has 1 unspecified atom stereocenters. The van der Waals surface area contributed by atoms with E-state index in [0.29, 0.717) is 0 Å². The van der Waals surface area contributed by atoms with Gasteiger partial charge in [-0.2, -0.15) is 0 Å². The molecular weight excluding hydrogens is 384 g/mol. The van der Waals surface area contributed by atoms with Crippen molar-refractivity contribution < 1.29 is 0 Å². The second-order valence-corrected chi connectivity index (χ2v) is 10.7. The van der Waals surface area contributed by atoms with Crippen LogP contribution in [0.25, 0.3) is 16.7 Å². The fraction of sp³-hybridized carbons (Fsp3) is 0.562. The number of unbranched alkanes of at least 4 members (excludes halogenated alkanes) is 4. The van der Waals surface area contributed by atoms with Crippen LogP contribution >= 0.6 is 0 Å². The third-order valence-electron chi connectivity index (χ3n) is 8.21. The second-order valence-electron chi connectivity index (χ2n) is 10.7. The summed E-state index contributed by atoms with van der Waals surface area (Å²) in [6.45, 7) is 4.67. The number of hydrogen-bond acceptors (Lipinski definition) is 0. The molecule has 0 aliphatic heterocycles. The van der Waals surface area contributed by atoms with Crippen LogP contribution in [0.15, 0.2) is 54.6 Å². The number of allylic oxidation sites excluding steroid dienone is 2. The summed E-state index contributed by atoms with van der Waals surface area (Å²) < 4.78 is 0. The van der Waals surface area contributed by atoms with Crippen molar-refractivity contribution in [3.05, 3.63) is 65.7 Å². The van der Waals surface area contributed by atoms with E-state index in [2.05, 4.69) is 68.5 Å². The maximum absolute atomic E-state index is 2.46. The lowest BCUT2D eigenvalue weighted by molar-refractivity contribution is 0.302. The Hall–Kier alpha value is -1.82. The van der Waals surface area contributed by atoms with Gasteiger partial charge in [0.2, 0.25) is 0 Å². The predicted octanol–water partition coefficient (Wildman–Crippen LogP) is 10.2. The van der Waals surface area contributed by atoms with Crippen molar-refractivity contribution in [1.29, 1.82) is 0 Å². The maximum atomic E-state index is 2.46. The van der Waals surface area contributed by atoms with Crippen LogP contribution in [0.1, 0.15) is 114 Å². The van der Waals surface area contributed by atoms with Gasteiger partial charge in [-0.15, -0.1) is 0 Å². The van der Waals surface area contributed by atoms with Gasteiger partial charge in [-0.3, -0.25) is 0 Å². The van der Waals surface area contributed by atoms with Crippen molar-refractivity contribution in [2.75, 3.05) is 0 Å². The van der Waals surface area contributed by atoms with Crippen LogP contribution in [0, 0.1) is 11.8 Å². The van der Waals surface area contributed by atoms with Crippen molar-refractivity contribution in [3.8, 4) is 11.1 Å². The Morgan fingerprint density at radius 3 is 1.94 bits per heavy atom. The summed E-state index contributed by atoms with van der Waals surface area (Å²) in [6.07, 6.45) is 20.5. The van der Waals surface area contributed by atoms with Gasteiger partial charge in [0.25, 0.3) is 0 Å². The van der Waals surface area contributed by atoms with Crippen molar-refractivity contribution >= 4 is 5.57 Å². The van der Waals surface area contributed by atoms with E-state index >= 15 is 0 Å². The zero-order chi connectivity index (χ0) is 22.2. The van der Waals surface area contributed by atoms with Gasteiger partial charge in [0.15, 0.2) is 0 Å². The van der Waals surface area contributed by atoms with E-state index in [1.807, 2.05) is 0 Å². The number of benzene rings is 2. The van der Waals surface area contributed by atoms with Gasteiger partial charge in [-0.05, 0) is 90.5 Å². The minimum absolute atomic E-state index is 0.781. The molecule has 0 N–H and O–H groups in total. The van der Waals surface area contributed by atoms with Crippen LogP contribution < -0.4 is 0 Å². The Labute approximate surface area is 197 Å². The fourth-order valence-corrected chi connectivity index (χ4v) is 5.87. The lowest BCUT2D eigenvalue weighted by Gasteiger charge is -2.29. The topological polar surface area (TPSA) is 0 Å². The average Bonchev–Trinajstić information content (AvgIpc) is 2.85. The lowest BCUT2D eigenvalue weighted by Crippen LogP contribution is -2.13. The zero-order valence-electron chi connectivity index (χ0n) is 20.6. The normalized spacial score (nSPS) is 23.7. The largest absolute Gasteiger partial charge is 0.0805 e. The van der Waals surface area contributed by atoms with E-state index in [-0.39, 0.29) is 0 Å². The molecule has 0 bridgehead atoms. The van der Waals surface area contributed by atoms with Crippen LogP contribution in [-0.4, -0.2) is 0 Å². The Kier molecular flexibility index (Phi) is 8.66. The first-order valence-corrected chi connectivity index (χ1v) is 13.6. The molecule has 0 spiro atoms. The Morgan fingerprint density at radius 1 is 0.688 bits per heavy atom. The molecule has 0 saturated heterocycles. The molecule has 1 fully saturated rings. The monoisotopic (exact) mass is 428 g/mol. The maximum Gasteiger partial charge on any atom is -0.0162 e. The summed E-state index contributed by atoms with van der Waals surface area (Å²) in [4.78, 5) is 0. The van der Waals surface area contributed by atoms with Gasteiger partial charge in [0, 0.05) is 0 Å². The average molecular weight is 429 g/mol. The Balaban J connectivity index is 1.27. The molecule has 172 valence electrons. The Morgan fingerprint density at radius 2 is 1.31 bits per heavy atom. The highest BCUT2D eigenvalue weighted by atomic mass is 14.3. The molecule has 2 aliphatic rings. The molecule has 0 heteroatoms. The minimum Gasteiger partial charge on any atom is -0.0805 e. The highest BCUT2D eigenvalue weighted by Gasteiger charge is 2.22. The summed E-state index contributed by atoms with van der Waals surface area (Å²) in [5.41, 5.74) is 7.22. The summed E-state index contributed by atoms with van der Waals surface area (Å²) in [7, 11) is 0. The fourth-order valence-electron chi connectivity index (χ4n) is 5.87. The van der Waals surface area contributed by atoms with Gasteiger partial charge in [-0.1, -0.05) is 107 Å². The quantitative estimate of drug-likeness (QED) is 0.348. The SMILES string of the molecule is CCCCCCC[C@H]1CC[C@H](c2ccc(-c3ccc(C4=CCC(C)CC4)cc3)cc2)CC1. The molecule has 32 heavy (non-hydrogen) atoms. The molecule has 1 atom stereocenters. The zero-order valence-corrected chi connectivity index (χ0v) is 20.6. The van der Waals surface area contributed by atoms with Gasteiger partial charge in [0.05, 0.1) is 0 Å². The van der Waals surface area contributed by atoms with Gasteiger partial charge < -0.3 is 0 Å². The van der Waals surface area contributed by atoms with E-state index in [4.69, 9.17) is 0 Å². The van der Waals surface area contributed by atoms with E-state index in [0.717, 1.165) is 17.8 Å². The van der Waals surface area contributed by atoms with Crippen LogP contribution in [-0.2, 0) is 0 Å². The summed E-state index contributed by atoms with van der Waals surface area (Å²) in [6, 6.07) is 18.8. The molecule has 4 rings (SSSR count). The molecule has 2 aliphatic carbocycles. The summed E-state index contributed by atoms with van der Waals surface area (Å²) in [5.74, 6) is 2.62. The van der Waals surface area contributed by atoms with Gasteiger partial charge in [-0.25, -0.2) is 0 Å². The first kappa shape index (κ1) is 23.3. The van der Waals surface area contributed by atoms with Crippen molar-refractivity contribution in [2.24, 2.45) is 11.8 Å². The molecule has 0 heterocycles. The van der Waals surface area contributed by atoms with Gasteiger partial charge in [0.1, 0.15) is 0 Å². The molecule has 1 saturated carbocycles. The predicted molar refractivity (Wildman–Crippen MR) is 141 cm³/mol. The van der Waals surface area contributed by atoms with Crippen molar-refractivity contribution in [1.82, 2.24) is 0 Å². The van der Waals surface area contributed by atoms with Crippen LogP contribution in [0.3, 0.4) is 0 Å². The minimum atomic E-state index is 0.781. The molecule has 0 nitrogen and oxygen atoms in total. The molecule has 0 amide bonds. The van der Waals surface area contributed by atoms with E-state index < -0.39 is 0 Å². The molecule has 0 aromatic heterocycles.